The number of fused-ring (bicyclic) bond motifs is 1. The minimum absolute atomic E-state index is 0.0356. The van der Waals surface area contributed by atoms with Gasteiger partial charge in [-0.1, -0.05) is 173 Å². The zero-order valence-corrected chi connectivity index (χ0v) is 76.7. The van der Waals surface area contributed by atoms with Crippen LogP contribution in [0.5, 0.6) is 17.2 Å². The van der Waals surface area contributed by atoms with E-state index in [1.54, 1.807) is 155 Å². The van der Waals surface area contributed by atoms with E-state index in [9.17, 15) is 68.4 Å². The normalized spacial score (nSPS) is 13.4. The third-order valence-electron chi connectivity index (χ3n) is 22.2. The smallest absolute Gasteiger partial charge is 0.305 e. The lowest BCUT2D eigenvalue weighted by atomic mass is 9.98. The first-order chi connectivity index (χ1) is 63.2. The van der Waals surface area contributed by atoms with E-state index in [0.717, 1.165) is 25.2 Å². The standard InChI is InChI=1S/C96H118N16O20S/c1-57(2)42-71(87(123)100-53-81(117)99-52-80(97)116)104-88(124)72(43-62-30-36-66(113)37-31-62)105-89(125)73(49-65-51-98-70-29-21-20-28-69(65)70)101-82(118)54-108(5)92(128)75(45-63-32-38-67(114)39-33-63)106-91(127)77(46-60-24-16-12-17-25-60)110(7)96(132)86(58(3)4)107-90(126)74(50-85(121)122)102-83(119)55-109(6)94(130)78(48-64-34-40-68(115)41-35-64)112(9)95(131)79(47-61-26-18-13-19-27-61)111(8)93(129)76(103-84(120)56-133-10)44-59-22-14-11-15-23-59/h11-41,51,57-58,71-79,86,98,113-115H,42-50,52-56H2,1-10H3,(H2,97,116)(H,99,117)(H,100,123)(H,101,118)(H,102,119)(H,103,120)(H,104,124)(H,105,125)(H,106,127)(H,107,126)(H,121,122)/t71-,72-,73-,74?,75-,76-,77-,78-,79-,86-/m0/s1. The number of nitrogens with one attached hydrogen (secondary N) is 10. The maximum absolute atomic E-state index is 15.4. The van der Waals surface area contributed by atoms with Gasteiger partial charge in [-0.15, -0.1) is 0 Å². The second-order valence-electron chi connectivity index (χ2n) is 33.4. The monoisotopic (exact) mass is 1850 g/mol. The number of hydrogen-bond donors (Lipinski definition) is 15. The molecule has 0 radical (unpaired) electrons. The third kappa shape index (κ3) is 32.2. The molecule has 8 aromatic rings. The predicted molar refractivity (Wildman–Crippen MR) is 496 cm³/mol. The number of aromatic hydroxyl groups is 3. The van der Waals surface area contributed by atoms with Crippen molar-refractivity contribution in [2.75, 3.05) is 73.4 Å². The molecule has 36 nitrogen and oxygen atoms in total. The number of aromatic nitrogens is 1. The number of likely N-dealkylation sites (N-methyl/N-ethyl adjacent to an activating group) is 5. The number of carboxylic acid groups (broad SMARTS) is 1. The number of nitrogens with two attached hydrogens (primary N) is 1. The van der Waals surface area contributed by atoms with Crippen LogP contribution in [0.3, 0.4) is 0 Å². The molecule has 0 saturated carbocycles. The summed E-state index contributed by atoms with van der Waals surface area (Å²) < 4.78 is 0. The van der Waals surface area contributed by atoms with Crippen LogP contribution >= 0.6 is 11.8 Å². The highest BCUT2D eigenvalue weighted by atomic mass is 32.2. The van der Waals surface area contributed by atoms with Crippen molar-refractivity contribution >= 4 is 117 Å². The molecule has 8 rings (SSSR count). The van der Waals surface area contributed by atoms with Crippen LogP contribution in [0.15, 0.2) is 194 Å². The number of carbonyl (C=O) groups excluding carboxylic acids is 15. The number of benzene rings is 7. The maximum atomic E-state index is 15.4. The highest BCUT2D eigenvalue weighted by Gasteiger charge is 2.42. The van der Waals surface area contributed by atoms with Crippen molar-refractivity contribution in [3.05, 3.63) is 233 Å². The van der Waals surface area contributed by atoms with Gasteiger partial charge >= 0.3 is 5.97 Å². The molecule has 0 aliphatic carbocycles. The van der Waals surface area contributed by atoms with Crippen LogP contribution in [-0.2, 0) is 122 Å². The fraction of sp³-hybridized carbons (Fsp3) is 0.375. The van der Waals surface area contributed by atoms with Gasteiger partial charge in [0, 0.05) is 97.3 Å². The Morgan fingerprint density at radius 1 is 0.376 bits per heavy atom. The summed E-state index contributed by atoms with van der Waals surface area (Å²) in [6.07, 6.45) is 1.13. The summed E-state index contributed by atoms with van der Waals surface area (Å²) in [6.45, 7) is 3.92. The molecule has 1 unspecified atom stereocenters. The van der Waals surface area contributed by atoms with E-state index in [0.29, 0.717) is 44.3 Å². The van der Waals surface area contributed by atoms with E-state index >= 15 is 28.8 Å². The van der Waals surface area contributed by atoms with Crippen LogP contribution in [0.4, 0.5) is 0 Å². The number of carbonyl (C=O) groups is 16. The van der Waals surface area contributed by atoms with Crippen LogP contribution in [0.2, 0.25) is 0 Å². The number of amides is 15. The molecule has 0 aliphatic rings. The van der Waals surface area contributed by atoms with Crippen LogP contribution in [0.1, 0.15) is 79.5 Å². The lowest BCUT2D eigenvalue weighted by Gasteiger charge is -2.37. The average molecular weight is 1850 g/mol. The van der Waals surface area contributed by atoms with Gasteiger partial charge in [0.1, 0.15) is 77.7 Å². The van der Waals surface area contributed by atoms with Crippen molar-refractivity contribution in [2.24, 2.45) is 17.6 Å². The van der Waals surface area contributed by atoms with E-state index in [1.807, 2.05) is 0 Å². The minimum Gasteiger partial charge on any atom is -0.508 e. The number of phenols is 3. The number of para-hydroxylation sites is 1. The number of thioether (sulfide) groups is 1. The van der Waals surface area contributed by atoms with Crippen molar-refractivity contribution in [2.45, 2.75) is 146 Å². The molecule has 1 aromatic heterocycles. The van der Waals surface area contributed by atoms with Crippen LogP contribution < -0.4 is 53.6 Å². The molecular weight excluding hydrogens is 1730 g/mol. The first-order valence-corrected chi connectivity index (χ1v) is 44.6. The maximum Gasteiger partial charge on any atom is 0.305 e. The Bertz CT molecular complexity index is 5360. The highest BCUT2D eigenvalue weighted by Crippen LogP contribution is 2.25. The molecule has 708 valence electrons. The lowest BCUT2D eigenvalue weighted by Crippen LogP contribution is -2.61. The molecule has 15 amide bonds. The summed E-state index contributed by atoms with van der Waals surface area (Å²) >= 11 is 1.25. The van der Waals surface area contributed by atoms with E-state index in [-0.39, 0.29) is 80.3 Å². The van der Waals surface area contributed by atoms with Gasteiger partial charge in [-0.25, -0.2) is 0 Å². The summed E-state index contributed by atoms with van der Waals surface area (Å²) in [6, 6.07) is 35.5. The lowest BCUT2D eigenvalue weighted by molar-refractivity contribution is -0.151. The number of nitrogens with zero attached hydrogens (tertiary/aromatic N) is 5. The Kier molecular flexibility index (Phi) is 39.4. The number of primary amides is 1. The summed E-state index contributed by atoms with van der Waals surface area (Å²) in [4.78, 5) is 237. The number of H-pyrrole nitrogens is 1. The molecule has 0 bridgehead atoms. The molecule has 133 heavy (non-hydrogen) atoms. The molecule has 10 atom stereocenters. The average Bonchev–Trinajstić information content (AvgIpc) is 1.69. The Morgan fingerprint density at radius 3 is 1.27 bits per heavy atom. The van der Waals surface area contributed by atoms with Gasteiger partial charge in [0.2, 0.25) is 88.6 Å². The molecular formula is C96H118N16O20S. The van der Waals surface area contributed by atoms with Gasteiger partial charge < -0.3 is 103 Å². The number of aromatic amines is 1. The highest BCUT2D eigenvalue weighted by molar-refractivity contribution is 7.99. The van der Waals surface area contributed by atoms with Gasteiger partial charge in [0.05, 0.1) is 38.4 Å². The van der Waals surface area contributed by atoms with Crippen molar-refractivity contribution in [1.29, 1.82) is 0 Å². The number of carboxylic acids is 1. The Morgan fingerprint density at radius 2 is 0.774 bits per heavy atom. The summed E-state index contributed by atoms with van der Waals surface area (Å²) in [5.41, 5.74) is 9.49. The van der Waals surface area contributed by atoms with Gasteiger partial charge in [0.15, 0.2) is 0 Å². The SMILES string of the molecule is CSCC(=O)N[C@@H](Cc1ccccc1)C(=O)N(C)[C@@H](Cc1ccccc1)C(=O)N(C)[C@@H](Cc1ccc(O)cc1)C(=O)N(C)CC(=O)NC(CC(=O)O)C(=O)N[C@H](C(=O)N(C)[C@@H](Cc1ccccc1)C(=O)N[C@@H](Cc1ccc(O)cc1)C(=O)N(C)CC(=O)N[C@@H](Cc1c[nH]c2ccccc12)C(=O)N[C@@H](Cc1ccc(O)cc1)C(=O)N[C@@H](CC(C)C)C(=O)NCC(=O)NCC(N)=O)C(C)C. The molecule has 0 saturated heterocycles. The fourth-order valence-corrected chi connectivity index (χ4v) is 15.3. The van der Waals surface area contributed by atoms with Crippen molar-refractivity contribution in [3.8, 4) is 17.2 Å². The Hall–Kier alpha value is -14.7. The largest absolute Gasteiger partial charge is 0.508 e. The molecule has 1 heterocycles. The Labute approximate surface area is 775 Å². The van der Waals surface area contributed by atoms with E-state index in [1.165, 1.54) is 125 Å². The van der Waals surface area contributed by atoms with Crippen LogP contribution in [-0.4, -0.2) is 278 Å². The number of hydrogen-bond acceptors (Lipinski definition) is 20. The van der Waals surface area contributed by atoms with Gasteiger partial charge in [-0.2, -0.15) is 11.8 Å². The number of rotatable bonds is 49. The van der Waals surface area contributed by atoms with E-state index in [2.05, 4.69) is 52.8 Å². The van der Waals surface area contributed by atoms with Crippen molar-refractivity contribution in [3.63, 3.8) is 0 Å². The summed E-state index contributed by atoms with van der Waals surface area (Å²) in [5.74, 6) is -15.6. The first-order valence-electron chi connectivity index (χ1n) is 43.2. The molecule has 7 aromatic carbocycles. The van der Waals surface area contributed by atoms with Crippen molar-refractivity contribution in [1.82, 2.24) is 77.3 Å². The second kappa shape index (κ2) is 50.5. The van der Waals surface area contributed by atoms with Gasteiger partial charge in [-0.3, -0.25) is 76.7 Å². The molecule has 0 aliphatic heterocycles. The summed E-state index contributed by atoms with van der Waals surface area (Å²) in [7, 11) is 6.53. The second-order valence-corrected chi connectivity index (χ2v) is 34.3. The Balaban J connectivity index is 1.02. The molecule has 16 N–H and O–H groups in total. The molecule has 0 fully saturated rings. The molecule has 37 heteroatoms. The predicted octanol–water partition coefficient (Wildman–Crippen LogP) is 2.33. The first kappa shape index (κ1) is 104. The summed E-state index contributed by atoms with van der Waals surface area (Å²) in [5, 5.41) is 65.3. The quantitative estimate of drug-likeness (QED) is 0.0260. The minimum atomic E-state index is -1.94. The van der Waals surface area contributed by atoms with Crippen LogP contribution in [0, 0.1) is 11.8 Å². The number of aliphatic carboxylic acids is 1. The number of phenolic OH excluding ortho intramolecular Hbond substituents is 3. The topological polar surface area (TPSA) is 520 Å². The molecule has 0 spiro atoms. The third-order valence-corrected chi connectivity index (χ3v) is 22.7. The van der Waals surface area contributed by atoms with Crippen molar-refractivity contribution < 1.29 is 97.1 Å². The zero-order valence-electron chi connectivity index (χ0n) is 75.8. The fourth-order valence-electron chi connectivity index (χ4n) is 15.0. The van der Waals surface area contributed by atoms with Crippen LogP contribution in [0.25, 0.3) is 10.9 Å². The van der Waals surface area contributed by atoms with E-state index < -0.39 is 194 Å². The van der Waals surface area contributed by atoms with Gasteiger partial charge in [0.25, 0.3) is 0 Å². The van der Waals surface area contributed by atoms with Gasteiger partial charge in [-0.05, 0) is 106 Å². The zero-order chi connectivity index (χ0) is 97.3. The van der Waals surface area contributed by atoms with E-state index in [4.69, 9.17) is 5.73 Å².